The van der Waals surface area contributed by atoms with Gasteiger partial charge in [0.25, 0.3) is 0 Å². The molecule has 2 rings (SSSR count). The van der Waals surface area contributed by atoms with E-state index in [1.165, 1.54) is 6.42 Å². The second kappa shape index (κ2) is 4.53. The standard InChI is InChI=1S/C12H20ClNO2/c1-2-10(13)11(16)14-6-9(7-15)12(8-14)4-3-5-12/h9-10,15H,2-8H2,1H3/t9-,10+/m1/s1. The van der Waals surface area contributed by atoms with Gasteiger partial charge in [-0.05, 0) is 24.7 Å². The van der Waals surface area contributed by atoms with E-state index in [9.17, 15) is 9.90 Å². The van der Waals surface area contributed by atoms with Crippen molar-refractivity contribution >= 4 is 17.5 Å². The molecule has 1 saturated carbocycles. The van der Waals surface area contributed by atoms with Crippen molar-refractivity contribution in [3.63, 3.8) is 0 Å². The number of hydrogen-bond donors (Lipinski definition) is 1. The van der Waals surface area contributed by atoms with Gasteiger partial charge in [-0.1, -0.05) is 13.3 Å². The molecule has 1 aliphatic carbocycles. The van der Waals surface area contributed by atoms with Gasteiger partial charge in [-0.3, -0.25) is 4.79 Å². The van der Waals surface area contributed by atoms with Crippen molar-refractivity contribution in [2.24, 2.45) is 11.3 Å². The highest BCUT2D eigenvalue weighted by Crippen LogP contribution is 2.51. The SMILES string of the molecule is CC[C@H](Cl)C(=O)N1C[C@H](CO)C2(CCC2)C1. The first-order chi connectivity index (χ1) is 7.63. The van der Waals surface area contributed by atoms with Crippen molar-refractivity contribution in [1.29, 1.82) is 0 Å². The van der Waals surface area contributed by atoms with E-state index in [1.54, 1.807) is 0 Å². The zero-order valence-electron chi connectivity index (χ0n) is 9.79. The van der Waals surface area contributed by atoms with Gasteiger partial charge in [-0.2, -0.15) is 0 Å². The van der Waals surface area contributed by atoms with Crippen LogP contribution in [-0.2, 0) is 4.79 Å². The van der Waals surface area contributed by atoms with Gasteiger partial charge in [0.05, 0.1) is 0 Å². The van der Waals surface area contributed by atoms with E-state index in [1.807, 2.05) is 11.8 Å². The van der Waals surface area contributed by atoms with Crippen LogP contribution >= 0.6 is 11.6 Å². The zero-order valence-corrected chi connectivity index (χ0v) is 10.5. The lowest BCUT2D eigenvalue weighted by molar-refractivity contribution is -0.130. The van der Waals surface area contributed by atoms with Gasteiger partial charge in [0.2, 0.25) is 5.91 Å². The summed E-state index contributed by atoms with van der Waals surface area (Å²) in [4.78, 5) is 13.8. The summed E-state index contributed by atoms with van der Waals surface area (Å²) in [7, 11) is 0. The Morgan fingerprint density at radius 1 is 1.62 bits per heavy atom. The van der Waals surface area contributed by atoms with Crippen LogP contribution in [0.2, 0.25) is 0 Å². The fourth-order valence-electron chi connectivity index (χ4n) is 3.02. The van der Waals surface area contributed by atoms with Gasteiger partial charge >= 0.3 is 0 Å². The van der Waals surface area contributed by atoms with Crippen LogP contribution in [-0.4, -0.2) is 41.0 Å². The van der Waals surface area contributed by atoms with Gasteiger partial charge in [0.1, 0.15) is 5.38 Å². The van der Waals surface area contributed by atoms with Gasteiger partial charge < -0.3 is 10.0 Å². The molecule has 1 spiro atoms. The molecule has 92 valence electrons. The average molecular weight is 246 g/mol. The number of nitrogens with zero attached hydrogens (tertiary/aromatic N) is 1. The van der Waals surface area contributed by atoms with E-state index >= 15 is 0 Å². The first-order valence-electron chi connectivity index (χ1n) is 6.16. The maximum absolute atomic E-state index is 12.0. The number of carbonyl (C=O) groups excluding carboxylic acids is 1. The summed E-state index contributed by atoms with van der Waals surface area (Å²) in [5.41, 5.74) is 0.217. The van der Waals surface area contributed by atoms with E-state index in [0.717, 1.165) is 19.4 Å². The van der Waals surface area contributed by atoms with E-state index in [-0.39, 0.29) is 23.8 Å². The first kappa shape index (κ1) is 12.2. The normalized spacial score (nSPS) is 29.2. The molecule has 0 aromatic rings. The molecule has 4 heteroatoms. The number of likely N-dealkylation sites (tertiary alicyclic amines) is 1. The quantitative estimate of drug-likeness (QED) is 0.768. The number of aliphatic hydroxyl groups excluding tert-OH is 1. The van der Waals surface area contributed by atoms with Crippen molar-refractivity contribution in [2.75, 3.05) is 19.7 Å². The summed E-state index contributed by atoms with van der Waals surface area (Å²) in [5.74, 6) is 0.317. The molecule has 0 unspecified atom stereocenters. The largest absolute Gasteiger partial charge is 0.396 e. The Morgan fingerprint density at radius 3 is 2.69 bits per heavy atom. The molecule has 0 radical (unpaired) electrons. The molecule has 0 bridgehead atoms. The van der Waals surface area contributed by atoms with Crippen molar-refractivity contribution in [2.45, 2.75) is 38.0 Å². The second-order valence-electron chi connectivity index (χ2n) is 5.19. The van der Waals surface area contributed by atoms with Crippen LogP contribution in [0.25, 0.3) is 0 Å². The van der Waals surface area contributed by atoms with Crippen LogP contribution in [0.15, 0.2) is 0 Å². The molecule has 3 nitrogen and oxygen atoms in total. The predicted octanol–water partition coefficient (Wildman–Crippen LogP) is 1.62. The Bertz CT molecular complexity index is 278. The van der Waals surface area contributed by atoms with Gasteiger partial charge in [-0.15, -0.1) is 11.6 Å². The van der Waals surface area contributed by atoms with Crippen LogP contribution in [0.5, 0.6) is 0 Å². The minimum Gasteiger partial charge on any atom is -0.396 e. The minimum atomic E-state index is -0.394. The van der Waals surface area contributed by atoms with E-state index in [4.69, 9.17) is 11.6 Å². The topological polar surface area (TPSA) is 40.5 Å². The third kappa shape index (κ3) is 1.84. The molecule has 2 aliphatic rings. The second-order valence-corrected chi connectivity index (χ2v) is 5.72. The maximum Gasteiger partial charge on any atom is 0.240 e. The molecule has 1 heterocycles. The summed E-state index contributed by atoms with van der Waals surface area (Å²) in [6, 6.07) is 0. The lowest BCUT2D eigenvalue weighted by Crippen LogP contribution is -2.40. The van der Waals surface area contributed by atoms with E-state index in [2.05, 4.69) is 0 Å². The fourth-order valence-corrected chi connectivity index (χ4v) is 3.16. The Morgan fingerprint density at radius 2 is 2.31 bits per heavy atom. The monoisotopic (exact) mass is 245 g/mol. The van der Waals surface area contributed by atoms with Crippen molar-refractivity contribution < 1.29 is 9.90 Å². The molecule has 0 aromatic carbocycles. The van der Waals surface area contributed by atoms with Crippen LogP contribution in [0.4, 0.5) is 0 Å². The molecule has 2 atom stereocenters. The van der Waals surface area contributed by atoms with Crippen LogP contribution in [0.3, 0.4) is 0 Å². The van der Waals surface area contributed by atoms with Crippen LogP contribution in [0.1, 0.15) is 32.6 Å². The van der Waals surface area contributed by atoms with Gasteiger partial charge in [-0.25, -0.2) is 0 Å². The summed E-state index contributed by atoms with van der Waals surface area (Å²) >= 11 is 5.99. The summed E-state index contributed by atoms with van der Waals surface area (Å²) in [6.45, 7) is 3.62. The van der Waals surface area contributed by atoms with Crippen molar-refractivity contribution in [3.8, 4) is 0 Å². The maximum atomic E-state index is 12.0. The Kier molecular flexibility index (Phi) is 3.45. The van der Waals surface area contributed by atoms with E-state index < -0.39 is 5.38 Å². The summed E-state index contributed by atoms with van der Waals surface area (Å²) < 4.78 is 0. The van der Waals surface area contributed by atoms with Crippen molar-refractivity contribution in [1.82, 2.24) is 4.90 Å². The van der Waals surface area contributed by atoms with Gasteiger partial charge in [0.15, 0.2) is 0 Å². The summed E-state index contributed by atoms with van der Waals surface area (Å²) in [6.07, 6.45) is 4.21. The highest BCUT2D eigenvalue weighted by molar-refractivity contribution is 6.30. The Balaban J connectivity index is 2.02. The van der Waals surface area contributed by atoms with Crippen LogP contribution in [0, 0.1) is 11.3 Å². The molecular weight excluding hydrogens is 226 g/mol. The number of halogens is 1. The minimum absolute atomic E-state index is 0.0476. The summed E-state index contributed by atoms with van der Waals surface area (Å²) in [5, 5.41) is 9.00. The molecule has 1 amide bonds. The number of rotatable bonds is 3. The average Bonchev–Trinajstić information content (AvgIpc) is 2.66. The molecule has 16 heavy (non-hydrogen) atoms. The third-order valence-corrected chi connectivity index (χ3v) is 4.82. The smallest absolute Gasteiger partial charge is 0.240 e. The Labute approximate surface area is 102 Å². The van der Waals surface area contributed by atoms with Crippen molar-refractivity contribution in [3.05, 3.63) is 0 Å². The number of alkyl halides is 1. The third-order valence-electron chi connectivity index (χ3n) is 4.32. The predicted molar refractivity (Wildman–Crippen MR) is 63.4 cm³/mol. The molecule has 1 N–H and O–H groups in total. The highest BCUT2D eigenvalue weighted by Gasteiger charge is 2.51. The zero-order chi connectivity index (χ0) is 11.8. The number of hydrogen-bond acceptors (Lipinski definition) is 2. The number of aliphatic hydroxyl groups is 1. The number of amides is 1. The molecule has 2 fully saturated rings. The first-order valence-corrected chi connectivity index (χ1v) is 6.60. The molecular formula is C12H20ClNO2. The molecule has 0 aromatic heterocycles. The molecule has 1 saturated heterocycles. The Hall–Kier alpha value is -0.280. The van der Waals surface area contributed by atoms with Gasteiger partial charge in [0, 0.05) is 25.6 Å². The molecule has 1 aliphatic heterocycles. The lowest BCUT2D eigenvalue weighted by atomic mass is 9.63. The van der Waals surface area contributed by atoms with E-state index in [0.29, 0.717) is 13.0 Å². The highest BCUT2D eigenvalue weighted by atomic mass is 35.5. The number of carbonyl (C=O) groups is 1. The van der Waals surface area contributed by atoms with Crippen LogP contribution < -0.4 is 0 Å². The lowest BCUT2D eigenvalue weighted by Gasteiger charge is -2.42. The fraction of sp³-hybridized carbons (Fsp3) is 0.917.